The molecule has 1 aliphatic rings. The molecule has 186 valence electrons. The van der Waals surface area contributed by atoms with E-state index in [0.717, 1.165) is 29.3 Å². The summed E-state index contributed by atoms with van der Waals surface area (Å²) in [4.78, 5) is 31.5. The molecule has 1 unspecified atom stereocenters. The molecule has 1 aliphatic heterocycles. The van der Waals surface area contributed by atoms with Gasteiger partial charge in [0.2, 0.25) is 5.76 Å². The summed E-state index contributed by atoms with van der Waals surface area (Å²) in [5.74, 6) is 1.02. The van der Waals surface area contributed by atoms with E-state index in [4.69, 9.17) is 13.9 Å². The van der Waals surface area contributed by atoms with Crippen LogP contribution in [0.1, 0.15) is 41.1 Å². The third kappa shape index (κ3) is 3.99. The first-order valence-electron chi connectivity index (χ1n) is 12.2. The van der Waals surface area contributed by atoms with Crippen molar-refractivity contribution in [2.24, 2.45) is 0 Å². The number of ether oxygens (including phenoxy) is 2. The number of fused-ring (bicyclic) bond motifs is 4. The fourth-order valence-electron chi connectivity index (χ4n) is 5.01. The van der Waals surface area contributed by atoms with Crippen molar-refractivity contribution < 1.29 is 18.7 Å². The number of nitrogens with zero attached hydrogens (tertiary/aromatic N) is 2. The lowest BCUT2D eigenvalue weighted by Gasteiger charge is -2.26. The van der Waals surface area contributed by atoms with Crippen molar-refractivity contribution in [2.45, 2.75) is 19.4 Å². The molecule has 36 heavy (non-hydrogen) atoms. The summed E-state index contributed by atoms with van der Waals surface area (Å²) in [6, 6.07) is 16.4. The summed E-state index contributed by atoms with van der Waals surface area (Å²) in [7, 11) is 5.58. The van der Waals surface area contributed by atoms with E-state index in [-0.39, 0.29) is 17.1 Å². The van der Waals surface area contributed by atoms with Gasteiger partial charge >= 0.3 is 0 Å². The van der Waals surface area contributed by atoms with Crippen LogP contribution in [0.15, 0.2) is 63.8 Å². The van der Waals surface area contributed by atoms with Crippen molar-refractivity contribution >= 4 is 27.6 Å². The Morgan fingerprint density at radius 3 is 2.56 bits per heavy atom. The van der Waals surface area contributed by atoms with Gasteiger partial charge in [-0.25, -0.2) is 0 Å². The Hall–Kier alpha value is -3.84. The predicted molar refractivity (Wildman–Crippen MR) is 140 cm³/mol. The molecule has 5 rings (SSSR count). The molecule has 0 aliphatic carbocycles. The number of hydrogen-bond donors (Lipinski definition) is 0. The number of methoxy groups -OCH3 is 1. The van der Waals surface area contributed by atoms with Gasteiger partial charge in [-0.3, -0.25) is 9.59 Å². The van der Waals surface area contributed by atoms with Crippen LogP contribution in [-0.2, 0) is 0 Å². The van der Waals surface area contributed by atoms with Gasteiger partial charge in [0.25, 0.3) is 5.91 Å². The van der Waals surface area contributed by atoms with E-state index in [1.54, 1.807) is 18.1 Å². The normalized spacial score (nSPS) is 15.2. The third-order valence-electron chi connectivity index (χ3n) is 6.67. The summed E-state index contributed by atoms with van der Waals surface area (Å²) >= 11 is 0. The first kappa shape index (κ1) is 23.9. The largest absolute Gasteiger partial charge is 0.493 e. The molecule has 1 amide bonds. The lowest BCUT2D eigenvalue weighted by molar-refractivity contribution is 0.0722. The maximum absolute atomic E-state index is 13.9. The maximum atomic E-state index is 13.9. The number of hydrogen-bond acceptors (Lipinski definition) is 6. The molecule has 0 saturated heterocycles. The van der Waals surface area contributed by atoms with Gasteiger partial charge in [0.05, 0.1) is 30.7 Å². The lowest BCUT2D eigenvalue weighted by Crippen LogP contribution is -2.32. The minimum absolute atomic E-state index is 0.117. The standard InChI is InChI=1S/C29H30N2O5/c1-5-35-22-14-12-19(17-23(22)34-4)25-24-26(32)21-13-11-18-9-6-7-10-20(18)27(21)36-28(24)29(33)31(25)16-8-15-30(2)3/h6-7,9-14,17,25H,5,8,15-16H2,1-4H3. The zero-order chi connectivity index (χ0) is 25.4. The molecule has 1 aromatic heterocycles. The summed E-state index contributed by atoms with van der Waals surface area (Å²) < 4.78 is 17.5. The van der Waals surface area contributed by atoms with Crippen LogP contribution in [0.25, 0.3) is 21.7 Å². The Bertz CT molecular complexity index is 1510. The van der Waals surface area contributed by atoms with Gasteiger partial charge in [0.1, 0.15) is 5.58 Å². The Balaban J connectivity index is 1.71. The van der Waals surface area contributed by atoms with Crippen molar-refractivity contribution in [3.05, 3.63) is 81.7 Å². The average Bonchev–Trinajstić information content (AvgIpc) is 3.16. The van der Waals surface area contributed by atoms with Gasteiger partial charge in [-0.15, -0.1) is 0 Å². The summed E-state index contributed by atoms with van der Waals surface area (Å²) in [6.07, 6.45) is 0.758. The van der Waals surface area contributed by atoms with Gasteiger partial charge in [0.15, 0.2) is 16.9 Å². The Kier molecular flexibility index (Phi) is 6.41. The minimum atomic E-state index is -0.577. The first-order chi connectivity index (χ1) is 17.4. The monoisotopic (exact) mass is 486 g/mol. The van der Waals surface area contributed by atoms with Crippen LogP contribution in [0.5, 0.6) is 11.5 Å². The fraction of sp³-hybridized carbons (Fsp3) is 0.310. The van der Waals surface area contributed by atoms with Gasteiger partial charge in [-0.2, -0.15) is 0 Å². The van der Waals surface area contributed by atoms with Crippen molar-refractivity contribution in [3.63, 3.8) is 0 Å². The van der Waals surface area contributed by atoms with Crippen LogP contribution in [0.2, 0.25) is 0 Å². The van der Waals surface area contributed by atoms with Crippen molar-refractivity contribution in [1.29, 1.82) is 0 Å². The molecule has 0 N–H and O–H groups in total. The zero-order valence-electron chi connectivity index (χ0n) is 21.0. The second kappa shape index (κ2) is 9.66. The highest BCUT2D eigenvalue weighted by Crippen LogP contribution is 2.41. The van der Waals surface area contributed by atoms with Gasteiger partial charge in [-0.05, 0) is 63.1 Å². The Labute approximate surface area is 209 Å². The maximum Gasteiger partial charge on any atom is 0.290 e. The highest BCUT2D eigenvalue weighted by atomic mass is 16.5. The molecule has 0 radical (unpaired) electrons. The molecule has 2 heterocycles. The highest BCUT2D eigenvalue weighted by Gasteiger charge is 2.42. The quantitative estimate of drug-likeness (QED) is 0.332. The average molecular weight is 487 g/mol. The Morgan fingerprint density at radius 2 is 1.81 bits per heavy atom. The van der Waals surface area contributed by atoms with Crippen LogP contribution in [0.3, 0.4) is 0 Å². The third-order valence-corrected chi connectivity index (χ3v) is 6.67. The fourth-order valence-corrected chi connectivity index (χ4v) is 5.01. The van der Waals surface area contributed by atoms with E-state index in [9.17, 15) is 9.59 Å². The zero-order valence-corrected chi connectivity index (χ0v) is 21.0. The molecular weight excluding hydrogens is 456 g/mol. The van der Waals surface area contributed by atoms with Crippen LogP contribution in [-0.4, -0.2) is 56.6 Å². The predicted octanol–water partition coefficient (Wildman–Crippen LogP) is 4.85. The van der Waals surface area contributed by atoms with E-state index in [1.807, 2.05) is 69.6 Å². The van der Waals surface area contributed by atoms with Crippen molar-refractivity contribution in [3.8, 4) is 11.5 Å². The van der Waals surface area contributed by atoms with Crippen molar-refractivity contribution in [1.82, 2.24) is 9.80 Å². The number of benzene rings is 3. The van der Waals surface area contributed by atoms with E-state index in [1.165, 1.54) is 0 Å². The summed E-state index contributed by atoms with van der Waals surface area (Å²) in [5, 5.41) is 2.24. The Morgan fingerprint density at radius 1 is 1.00 bits per heavy atom. The second-order valence-electron chi connectivity index (χ2n) is 9.24. The topological polar surface area (TPSA) is 72.2 Å². The van der Waals surface area contributed by atoms with Gasteiger partial charge < -0.3 is 23.7 Å². The van der Waals surface area contributed by atoms with Gasteiger partial charge in [0, 0.05) is 11.9 Å². The molecule has 3 aromatic carbocycles. The number of carbonyl (C=O) groups excluding carboxylic acids is 1. The van der Waals surface area contributed by atoms with Crippen molar-refractivity contribution in [2.75, 3.05) is 40.9 Å². The van der Waals surface area contributed by atoms with Crippen LogP contribution in [0.4, 0.5) is 0 Å². The summed E-state index contributed by atoms with van der Waals surface area (Å²) in [6.45, 7) is 3.71. The number of rotatable bonds is 8. The summed E-state index contributed by atoms with van der Waals surface area (Å²) in [5.41, 5.74) is 1.42. The smallest absolute Gasteiger partial charge is 0.290 e. The molecule has 0 saturated carbocycles. The number of amides is 1. The first-order valence-corrected chi connectivity index (χ1v) is 12.2. The minimum Gasteiger partial charge on any atom is -0.493 e. The molecule has 1 atom stereocenters. The molecule has 7 heteroatoms. The van der Waals surface area contributed by atoms with E-state index in [0.29, 0.717) is 41.2 Å². The van der Waals surface area contributed by atoms with E-state index < -0.39 is 6.04 Å². The van der Waals surface area contributed by atoms with Crippen LogP contribution in [0, 0.1) is 0 Å². The molecule has 7 nitrogen and oxygen atoms in total. The van der Waals surface area contributed by atoms with E-state index >= 15 is 0 Å². The highest BCUT2D eigenvalue weighted by molar-refractivity contribution is 6.06. The molecular formula is C29H30N2O5. The van der Waals surface area contributed by atoms with Crippen LogP contribution < -0.4 is 14.9 Å². The van der Waals surface area contributed by atoms with E-state index in [2.05, 4.69) is 4.90 Å². The number of carbonyl (C=O) groups is 1. The second-order valence-corrected chi connectivity index (χ2v) is 9.24. The van der Waals surface area contributed by atoms with Crippen LogP contribution >= 0.6 is 0 Å². The lowest BCUT2D eigenvalue weighted by atomic mass is 9.97. The molecule has 0 spiro atoms. The van der Waals surface area contributed by atoms with Gasteiger partial charge in [-0.1, -0.05) is 36.4 Å². The molecule has 4 aromatic rings. The SMILES string of the molecule is CCOc1ccc(C2c3c(oc4c(ccc5ccccc54)c3=O)C(=O)N2CCCN(C)C)cc1OC. The molecule has 0 fully saturated rings. The molecule has 0 bridgehead atoms.